The van der Waals surface area contributed by atoms with Crippen LogP contribution < -0.4 is 5.73 Å². The second-order valence-electron chi connectivity index (χ2n) is 2.98. The summed E-state index contributed by atoms with van der Waals surface area (Å²) in [5, 5.41) is 1.77. The molecule has 0 fully saturated rings. The second kappa shape index (κ2) is 5.00. The van der Waals surface area contributed by atoms with Crippen LogP contribution in [0.1, 0.15) is 35.5 Å². The highest BCUT2D eigenvalue weighted by Gasteiger charge is 2.15. The maximum Gasteiger partial charge on any atom is 0.341 e. The van der Waals surface area contributed by atoms with Crippen LogP contribution in [0, 0.1) is 0 Å². The summed E-state index contributed by atoms with van der Waals surface area (Å²) in [6, 6.07) is 0. The van der Waals surface area contributed by atoms with E-state index < -0.39 is 0 Å². The summed E-state index contributed by atoms with van der Waals surface area (Å²) in [4.78, 5) is 12.5. The summed E-state index contributed by atoms with van der Waals surface area (Å²) in [5.41, 5.74) is 6.89. The number of rotatable bonds is 4. The van der Waals surface area contributed by atoms with Crippen LogP contribution in [0.3, 0.4) is 0 Å². The van der Waals surface area contributed by atoms with E-state index in [0.717, 1.165) is 17.7 Å². The van der Waals surface area contributed by atoms with Gasteiger partial charge in [-0.1, -0.05) is 13.8 Å². The number of hydrogen-bond donors (Lipinski definition) is 1. The molecule has 78 valence electrons. The Bertz CT molecular complexity index is 320. The Morgan fingerprint density at radius 1 is 1.57 bits per heavy atom. The van der Waals surface area contributed by atoms with Crippen molar-refractivity contribution in [3.63, 3.8) is 0 Å². The number of nitrogens with two attached hydrogens (primary N) is 1. The van der Waals surface area contributed by atoms with Crippen LogP contribution in [0.5, 0.6) is 0 Å². The Morgan fingerprint density at radius 3 is 2.79 bits per heavy atom. The minimum absolute atomic E-state index is 0.305. The van der Waals surface area contributed by atoms with Crippen LogP contribution in [0.4, 0.5) is 5.69 Å². The van der Waals surface area contributed by atoms with Gasteiger partial charge in [0.25, 0.3) is 0 Å². The SMILES string of the molecule is CCCOC(=O)c1csc(CC)c1N. The molecule has 0 aromatic carbocycles. The van der Waals surface area contributed by atoms with E-state index in [2.05, 4.69) is 0 Å². The summed E-state index contributed by atoms with van der Waals surface area (Å²) < 4.78 is 5.00. The molecule has 4 heteroatoms. The van der Waals surface area contributed by atoms with Crippen LogP contribution in [-0.4, -0.2) is 12.6 Å². The molecule has 1 aromatic rings. The third-order valence-electron chi connectivity index (χ3n) is 1.89. The topological polar surface area (TPSA) is 52.3 Å². The standard InChI is InChI=1S/C10H15NO2S/c1-3-5-13-10(12)7-6-14-8(4-2)9(7)11/h6H,3-5,11H2,1-2H3. The van der Waals surface area contributed by atoms with Gasteiger partial charge in [-0.2, -0.15) is 0 Å². The predicted molar refractivity (Wildman–Crippen MR) is 58.7 cm³/mol. The average molecular weight is 213 g/mol. The van der Waals surface area contributed by atoms with Gasteiger partial charge in [0.2, 0.25) is 0 Å². The van der Waals surface area contributed by atoms with Gasteiger partial charge in [0.1, 0.15) is 0 Å². The minimum Gasteiger partial charge on any atom is -0.462 e. The number of carbonyl (C=O) groups is 1. The molecule has 0 aliphatic heterocycles. The quantitative estimate of drug-likeness (QED) is 0.782. The van der Waals surface area contributed by atoms with Crippen molar-refractivity contribution in [1.29, 1.82) is 0 Å². The highest BCUT2D eigenvalue weighted by molar-refractivity contribution is 7.10. The van der Waals surface area contributed by atoms with Gasteiger partial charge >= 0.3 is 5.97 Å². The Labute approximate surface area is 87.9 Å². The van der Waals surface area contributed by atoms with E-state index in [-0.39, 0.29) is 5.97 Å². The molecule has 0 saturated heterocycles. The molecular formula is C10H15NO2S. The van der Waals surface area contributed by atoms with Gasteiger partial charge in [-0.05, 0) is 12.8 Å². The molecule has 1 rings (SSSR count). The summed E-state index contributed by atoms with van der Waals surface area (Å²) in [6.07, 6.45) is 1.69. The number of thiophene rings is 1. The zero-order valence-electron chi connectivity index (χ0n) is 8.50. The Kier molecular flexibility index (Phi) is 3.95. The molecule has 3 nitrogen and oxygen atoms in total. The Morgan fingerprint density at radius 2 is 2.29 bits per heavy atom. The van der Waals surface area contributed by atoms with Crippen LogP contribution in [0.25, 0.3) is 0 Å². The number of hydrogen-bond acceptors (Lipinski definition) is 4. The molecule has 1 aromatic heterocycles. The van der Waals surface area contributed by atoms with E-state index >= 15 is 0 Å². The molecule has 1 heterocycles. The molecule has 0 aliphatic carbocycles. The largest absolute Gasteiger partial charge is 0.462 e. The highest BCUT2D eigenvalue weighted by atomic mass is 32.1. The lowest BCUT2D eigenvalue weighted by atomic mass is 10.2. The first-order valence-corrected chi connectivity index (χ1v) is 5.61. The molecular weight excluding hydrogens is 198 g/mol. The van der Waals surface area contributed by atoms with E-state index in [9.17, 15) is 4.79 Å². The van der Waals surface area contributed by atoms with Gasteiger partial charge in [0, 0.05) is 10.3 Å². The van der Waals surface area contributed by atoms with Gasteiger partial charge in [-0.3, -0.25) is 0 Å². The normalized spacial score (nSPS) is 10.1. The fourth-order valence-electron chi connectivity index (χ4n) is 1.11. The van der Waals surface area contributed by atoms with E-state index in [1.807, 2.05) is 13.8 Å². The Hall–Kier alpha value is -1.03. The van der Waals surface area contributed by atoms with Gasteiger partial charge in [0.15, 0.2) is 0 Å². The van der Waals surface area contributed by atoms with Crippen molar-refractivity contribution in [3.05, 3.63) is 15.8 Å². The molecule has 0 amide bonds. The number of ether oxygens (including phenoxy) is 1. The van der Waals surface area contributed by atoms with Gasteiger partial charge < -0.3 is 10.5 Å². The van der Waals surface area contributed by atoms with Crippen molar-refractivity contribution < 1.29 is 9.53 Å². The van der Waals surface area contributed by atoms with Gasteiger partial charge in [0.05, 0.1) is 17.9 Å². The summed E-state index contributed by atoms with van der Waals surface area (Å²) in [6.45, 7) is 4.43. The lowest BCUT2D eigenvalue weighted by molar-refractivity contribution is 0.0507. The van der Waals surface area contributed by atoms with E-state index in [1.54, 1.807) is 5.38 Å². The van der Waals surface area contributed by atoms with Crippen molar-refractivity contribution in [2.45, 2.75) is 26.7 Å². The fraction of sp³-hybridized carbons (Fsp3) is 0.500. The van der Waals surface area contributed by atoms with E-state index in [1.165, 1.54) is 11.3 Å². The lowest BCUT2D eigenvalue weighted by Gasteiger charge is -2.02. The average Bonchev–Trinajstić information content (AvgIpc) is 2.56. The predicted octanol–water partition coefficient (Wildman–Crippen LogP) is 2.46. The first kappa shape index (κ1) is 11.0. The van der Waals surface area contributed by atoms with Crippen LogP contribution in [0.2, 0.25) is 0 Å². The first-order valence-electron chi connectivity index (χ1n) is 4.73. The zero-order chi connectivity index (χ0) is 10.6. The minimum atomic E-state index is -0.305. The van der Waals surface area contributed by atoms with E-state index in [0.29, 0.717) is 17.9 Å². The van der Waals surface area contributed by atoms with Crippen molar-refractivity contribution in [1.82, 2.24) is 0 Å². The fourth-order valence-corrected chi connectivity index (χ4v) is 2.00. The zero-order valence-corrected chi connectivity index (χ0v) is 9.32. The van der Waals surface area contributed by atoms with Gasteiger partial charge in [-0.15, -0.1) is 11.3 Å². The second-order valence-corrected chi connectivity index (χ2v) is 3.94. The van der Waals surface area contributed by atoms with Crippen molar-refractivity contribution >= 4 is 23.0 Å². The van der Waals surface area contributed by atoms with Crippen LogP contribution >= 0.6 is 11.3 Å². The molecule has 2 N–H and O–H groups in total. The van der Waals surface area contributed by atoms with Crippen molar-refractivity contribution in [2.24, 2.45) is 0 Å². The molecule has 0 saturated carbocycles. The third kappa shape index (κ3) is 2.26. The van der Waals surface area contributed by atoms with Crippen molar-refractivity contribution in [3.8, 4) is 0 Å². The summed E-state index contributed by atoms with van der Waals surface area (Å²) in [5.74, 6) is -0.305. The molecule has 0 bridgehead atoms. The molecule has 0 unspecified atom stereocenters. The number of esters is 1. The molecule has 14 heavy (non-hydrogen) atoms. The van der Waals surface area contributed by atoms with Crippen LogP contribution in [-0.2, 0) is 11.2 Å². The highest BCUT2D eigenvalue weighted by Crippen LogP contribution is 2.26. The first-order chi connectivity index (χ1) is 6.70. The van der Waals surface area contributed by atoms with Gasteiger partial charge in [-0.25, -0.2) is 4.79 Å². The number of aryl methyl sites for hydroxylation is 1. The van der Waals surface area contributed by atoms with Crippen molar-refractivity contribution in [2.75, 3.05) is 12.3 Å². The smallest absolute Gasteiger partial charge is 0.341 e. The van der Waals surface area contributed by atoms with E-state index in [4.69, 9.17) is 10.5 Å². The van der Waals surface area contributed by atoms with Crippen LogP contribution in [0.15, 0.2) is 5.38 Å². The molecule has 0 atom stereocenters. The number of anilines is 1. The lowest BCUT2D eigenvalue weighted by Crippen LogP contribution is -2.07. The Balaban J connectivity index is 2.75. The third-order valence-corrected chi connectivity index (χ3v) is 3.03. The maximum absolute atomic E-state index is 11.5. The molecule has 0 spiro atoms. The molecule has 0 aliphatic rings. The number of nitrogen functional groups attached to an aromatic ring is 1. The monoisotopic (exact) mass is 213 g/mol. The summed E-state index contributed by atoms with van der Waals surface area (Å²) in [7, 11) is 0. The molecule has 0 radical (unpaired) electrons. The summed E-state index contributed by atoms with van der Waals surface area (Å²) >= 11 is 1.51. The number of carbonyl (C=O) groups excluding carboxylic acids is 1. The maximum atomic E-state index is 11.5.